The predicted molar refractivity (Wildman–Crippen MR) is 116 cm³/mol. The number of aliphatic carboxylic acids is 2. The van der Waals surface area contributed by atoms with Crippen LogP contribution in [-0.4, -0.2) is 69.4 Å². The summed E-state index contributed by atoms with van der Waals surface area (Å²) in [6.07, 6.45) is 9.43. The van der Waals surface area contributed by atoms with Crippen LogP contribution in [0.15, 0.2) is 0 Å². The van der Waals surface area contributed by atoms with Crippen molar-refractivity contribution in [1.82, 2.24) is 0 Å². The van der Waals surface area contributed by atoms with Crippen molar-refractivity contribution in [1.29, 1.82) is 0 Å². The summed E-state index contributed by atoms with van der Waals surface area (Å²) in [5.41, 5.74) is 0. The Morgan fingerprint density at radius 1 is 0.793 bits per heavy atom. The Balaban J connectivity index is 0. The van der Waals surface area contributed by atoms with Gasteiger partial charge >= 0.3 is 41.5 Å². The summed E-state index contributed by atoms with van der Waals surface area (Å²) in [6, 6.07) is 0. The molecule has 0 aliphatic carbocycles. The first kappa shape index (κ1) is 31.0. The zero-order valence-corrected chi connectivity index (χ0v) is 18.2. The van der Waals surface area contributed by atoms with Gasteiger partial charge in [-0.2, -0.15) is 8.42 Å². The van der Waals surface area contributed by atoms with Gasteiger partial charge < -0.3 is 10.2 Å². The number of rotatable bonds is 18. The van der Waals surface area contributed by atoms with Gasteiger partial charge in [-0.25, -0.2) is 0 Å². The Labute approximate surface area is 198 Å². The Morgan fingerprint density at radius 2 is 1.21 bits per heavy atom. The standard InChI is InChI=1S/C20H38O7S.Na.H/c1-3-5-7-9-11-13-15-17(18(21)22)20(19(23)24,28(25,26)27)16-14-12-10-8-6-4-2;;/h17H,3-16H2,1-2H3,(H,21,22)(H,23,24)(H,25,26,27);;. The molecule has 0 bridgehead atoms. The molecule has 3 N–H and O–H groups in total. The fraction of sp³-hybridized carbons (Fsp3) is 0.900. The van der Waals surface area contributed by atoms with Crippen molar-refractivity contribution < 1.29 is 32.8 Å². The van der Waals surface area contributed by atoms with Gasteiger partial charge in [0.1, 0.15) is 0 Å². The summed E-state index contributed by atoms with van der Waals surface area (Å²) >= 11 is 0. The molecule has 29 heavy (non-hydrogen) atoms. The van der Waals surface area contributed by atoms with Crippen LogP contribution in [0, 0.1) is 5.92 Å². The molecule has 168 valence electrons. The van der Waals surface area contributed by atoms with E-state index >= 15 is 0 Å². The van der Waals surface area contributed by atoms with Crippen LogP contribution in [0.5, 0.6) is 0 Å². The van der Waals surface area contributed by atoms with Crippen molar-refractivity contribution in [3.8, 4) is 0 Å². The SMILES string of the molecule is CCCCCCCCC(C(=O)O)C(CCCCCCCC)(C(=O)O)S(=O)(=O)O.[NaH]. The van der Waals surface area contributed by atoms with Crippen LogP contribution in [-0.2, 0) is 19.7 Å². The van der Waals surface area contributed by atoms with E-state index in [0.29, 0.717) is 19.3 Å². The van der Waals surface area contributed by atoms with Crippen LogP contribution in [0.3, 0.4) is 0 Å². The summed E-state index contributed by atoms with van der Waals surface area (Å²) in [7, 11) is -5.10. The van der Waals surface area contributed by atoms with Crippen LogP contribution < -0.4 is 0 Å². The molecule has 0 saturated heterocycles. The Morgan fingerprint density at radius 3 is 1.59 bits per heavy atom. The van der Waals surface area contributed by atoms with E-state index in [4.69, 9.17) is 0 Å². The maximum absolute atomic E-state index is 12.1. The first-order chi connectivity index (χ1) is 13.1. The molecule has 0 spiro atoms. The van der Waals surface area contributed by atoms with Crippen molar-refractivity contribution in [3.05, 3.63) is 0 Å². The van der Waals surface area contributed by atoms with E-state index in [0.717, 1.165) is 51.4 Å². The molecule has 0 saturated carbocycles. The summed E-state index contributed by atoms with van der Waals surface area (Å²) in [5.74, 6) is -4.93. The molecule has 0 aromatic heterocycles. The molecule has 2 atom stereocenters. The van der Waals surface area contributed by atoms with Gasteiger partial charge in [0.05, 0.1) is 5.92 Å². The van der Waals surface area contributed by atoms with Crippen molar-refractivity contribution in [2.24, 2.45) is 5.92 Å². The van der Waals surface area contributed by atoms with E-state index < -0.39 is 32.7 Å². The fourth-order valence-electron chi connectivity index (χ4n) is 3.70. The first-order valence-electron chi connectivity index (χ1n) is 10.6. The van der Waals surface area contributed by atoms with Gasteiger partial charge in [-0.3, -0.25) is 14.1 Å². The normalized spacial score (nSPS) is 14.6. The Bertz CT molecular complexity index is 565. The second-order valence-corrected chi connectivity index (χ2v) is 9.31. The molecule has 0 aliphatic rings. The van der Waals surface area contributed by atoms with Crippen molar-refractivity contribution >= 4 is 51.6 Å². The molecule has 9 heteroatoms. The molecule has 0 radical (unpaired) electrons. The van der Waals surface area contributed by atoms with Gasteiger partial charge in [-0.15, -0.1) is 0 Å². The minimum absolute atomic E-state index is 0. The predicted octanol–water partition coefficient (Wildman–Crippen LogP) is 4.25. The van der Waals surface area contributed by atoms with Gasteiger partial charge in [0.15, 0.2) is 0 Å². The number of carboxylic acid groups (broad SMARTS) is 2. The van der Waals surface area contributed by atoms with E-state index in [-0.39, 0.29) is 48.8 Å². The quantitative estimate of drug-likeness (QED) is 0.163. The van der Waals surface area contributed by atoms with E-state index in [1.54, 1.807) is 0 Å². The third-order valence-corrected chi connectivity index (χ3v) is 7.02. The minimum atomic E-state index is -5.10. The molecule has 2 unspecified atom stereocenters. The van der Waals surface area contributed by atoms with E-state index in [1.807, 2.05) is 0 Å². The summed E-state index contributed by atoms with van der Waals surface area (Å²) in [6.45, 7) is 4.14. The molecule has 0 rings (SSSR count). The number of carbonyl (C=O) groups is 2. The number of hydrogen-bond acceptors (Lipinski definition) is 4. The zero-order valence-electron chi connectivity index (χ0n) is 17.4. The molecule has 0 amide bonds. The van der Waals surface area contributed by atoms with Crippen LogP contribution >= 0.6 is 0 Å². The average Bonchev–Trinajstić information content (AvgIpc) is 2.60. The summed E-state index contributed by atoms with van der Waals surface area (Å²) in [4.78, 5) is 23.8. The first-order valence-corrected chi connectivity index (χ1v) is 12.0. The molecular formula is C20H39NaO7S. The Hall–Kier alpha value is -0.150. The molecule has 7 nitrogen and oxygen atoms in total. The molecular weight excluding hydrogens is 407 g/mol. The summed E-state index contributed by atoms with van der Waals surface area (Å²) < 4.78 is 31.3. The molecule has 0 heterocycles. The van der Waals surface area contributed by atoms with Gasteiger partial charge in [0.2, 0.25) is 4.75 Å². The van der Waals surface area contributed by atoms with Crippen LogP contribution in [0.1, 0.15) is 104 Å². The van der Waals surface area contributed by atoms with Crippen molar-refractivity contribution in [2.75, 3.05) is 0 Å². The second kappa shape index (κ2) is 16.5. The topological polar surface area (TPSA) is 129 Å². The summed E-state index contributed by atoms with van der Waals surface area (Å²) in [5, 5.41) is 19.3. The monoisotopic (exact) mass is 446 g/mol. The van der Waals surface area contributed by atoms with Gasteiger partial charge in [-0.1, -0.05) is 90.9 Å². The van der Waals surface area contributed by atoms with Crippen LogP contribution in [0.25, 0.3) is 0 Å². The second-order valence-electron chi connectivity index (χ2n) is 7.63. The average molecular weight is 447 g/mol. The van der Waals surface area contributed by atoms with E-state index in [9.17, 15) is 32.8 Å². The van der Waals surface area contributed by atoms with Gasteiger partial charge in [0, 0.05) is 0 Å². The maximum atomic E-state index is 12.1. The number of hydrogen-bond donors (Lipinski definition) is 3. The van der Waals surface area contributed by atoms with Crippen LogP contribution in [0.2, 0.25) is 0 Å². The van der Waals surface area contributed by atoms with E-state index in [1.165, 1.54) is 0 Å². The molecule has 0 aromatic carbocycles. The van der Waals surface area contributed by atoms with Gasteiger partial charge in [0.25, 0.3) is 10.1 Å². The third kappa shape index (κ3) is 10.6. The fourth-order valence-corrected chi connectivity index (χ4v) is 4.90. The molecule has 0 aromatic rings. The number of unbranched alkanes of at least 4 members (excludes halogenated alkanes) is 10. The van der Waals surface area contributed by atoms with Crippen LogP contribution in [0.4, 0.5) is 0 Å². The van der Waals surface area contributed by atoms with Crippen molar-refractivity contribution in [3.63, 3.8) is 0 Å². The zero-order chi connectivity index (χ0) is 21.6. The number of carboxylic acids is 2. The van der Waals surface area contributed by atoms with Gasteiger partial charge in [-0.05, 0) is 12.8 Å². The molecule has 0 fully saturated rings. The third-order valence-electron chi connectivity index (χ3n) is 5.43. The van der Waals surface area contributed by atoms with Crippen molar-refractivity contribution in [2.45, 2.75) is 108 Å². The molecule has 0 aliphatic heterocycles. The van der Waals surface area contributed by atoms with E-state index in [2.05, 4.69) is 13.8 Å². The Kier molecular flexibility index (Phi) is 17.7.